The summed E-state index contributed by atoms with van der Waals surface area (Å²) in [6.45, 7) is 2.72. The van der Waals surface area contributed by atoms with Gasteiger partial charge in [0.1, 0.15) is 0 Å². The Morgan fingerprint density at radius 2 is 2.36 bits per heavy atom. The van der Waals surface area contributed by atoms with E-state index >= 15 is 0 Å². The van der Waals surface area contributed by atoms with Gasteiger partial charge in [-0.2, -0.15) is 0 Å². The van der Waals surface area contributed by atoms with Gasteiger partial charge in [0.25, 0.3) is 0 Å². The van der Waals surface area contributed by atoms with Crippen LogP contribution in [0, 0.1) is 5.92 Å². The quantitative estimate of drug-likeness (QED) is 0.678. The van der Waals surface area contributed by atoms with E-state index in [0.29, 0.717) is 12.5 Å². The maximum atomic E-state index is 11.6. The lowest BCUT2D eigenvalue weighted by atomic mass is 10.1. The molecule has 1 heterocycles. The number of amides is 1. The van der Waals surface area contributed by atoms with Crippen molar-refractivity contribution in [2.45, 2.75) is 44.7 Å². The van der Waals surface area contributed by atoms with E-state index in [4.69, 9.17) is 5.73 Å². The topological polar surface area (TPSA) is 58.4 Å². The zero-order valence-electron chi connectivity index (χ0n) is 8.70. The normalized spacial score (nSPS) is 29.7. The molecule has 0 bridgehead atoms. The molecule has 2 atom stereocenters. The van der Waals surface area contributed by atoms with Crippen molar-refractivity contribution < 1.29 is 4.79 Å². The Morgan fingerprint density at radius 1 is 1.64 bits per heavy atom. The smallest absolute Gasteiger partial charge is 0.238 e. The number of hydrazine groups is 1. The van der Waals surface area contributed by atoms with Gasteiger partial charge >= 0.3 is 0 Å². The molecule has 0 aromatic carbocycles. The molecule has 2 unspecified atom stereocenters. The number of rotatable bonds is 4. The van der Waals surface area contributed by atoms with E-state index in [1.807, 2.05) is 6.92 Å². The maximum absolute atomic E-state index is 11.6. The molecule has 1 saturated carbocycles. The number of carbonyl (C=O) groups is 1. The van der Waals surface area contributed by atoms with E-state index in [1.165, 1.54) is 12.8 Å². The van der Waals surface area contributed by atoms with Gasteiger partial charge in [-0.25, -0.2) is 5.43 Å². The number of hydrogen-bond donors (Lipinski definition) is 2. The molecule has 14 heavy (non-hydrogen) atoms. The summed E-state index contributed by atoms with van der Waals surface area (Å²) in [6, 6.07) is 0.583. The van der Waals surface area contributed by atoms with Crippen LogP contribution in [0.15, 0.2) is 0 Å². The molecule has 2 fully saturated rings. The summed E-state index contributed by atoms with van der Waals surface area (Å²) in [6.07, 6.45) is 4.12. The number of nitrogens with one attached hydrogen (secondary N) is 1. The Balaban J connectivity index is 1.78. The first-order valence-electron chi connectivity index (χ1n) is 5.49. The van der Waals surface area contributed by atoms with E-state index in [9.17, 15) is 4.79 Å². The summed E-state index contributed by atoms with van der Waals surface area (Å²) in [4.78, 5) is 11.6. The van der Waals surface area contributed by atoms with E-state index in [0.717, 1.165) is 18.9 Å². The predicted molar refractivity (Wildman–Crippen MR) is 54.2 cm³/mol. The van der Waals surface area contributed by atoms with Crippen LogP contribution in [0.3, 0.4) is 0 Å². The van der Waals surface area contributed by atoms with Crippen molar-refractivity contribution in [2.75, 3.05) is 6.54 Å². The standard InChI is InChI=1S/C10H19N3O/c1-7(11)4-5-13-10(14)6-9(12-13)8-2-3-8/h7-9,12H,2-6,11H2,1H3. The zero-order chi connectivity index (χ0) is 10.1. The lowest BCUT2D eigenvalue weighted by molar-refractivity contribution is -0.129. The zero-order valence-corrected chi connectivity index (χ0v) is 8.70. The van der Waals surface area contributed by atoms with E-state index in [1.54, 1.807) is 5.01 Å². The molecular formula is C10H19N3O. The average molecular weight is 197 g/mol. The van der Waals surface area contributed by atoms with Gasteiger partial charge in [0.05, 0.1) is 0 Å². The van der Waals surface area contributed by atoms with E-state index in [2.05, 4.69) is 5.43 Å². The Labute approximate surface area is 84.8 Å². The predicted octanol–water partition coefficient (Wildman–Crippen LogP) is 0.239. The molecular weight excluding hydrogens is 178 g/mol. The van der Waals surface area contributed by atoms with Gasteiger partial charge in [-0.3, -0.25) is 9.80 Å². The molecule has 2 aliphatic rings. The lowest BCUT2D eigenvalue weighted by Crippen LogP contribution is -2.40. The van der Waals surface area contributed by atoms with Gasteiger partial charge in [0.2, 0.25) is 5.91 Å². The van der Waals surface area contributed by atoms with Gasteiger partial charge in [-0.1, -0.05) is 0 Å². The number of nitrogens with zero attached hydrogens (tertiary/aromatic N) is 1. The highest BCUT2D eigenvalue weighted by molar-refractivity contribution is 5.78. The van der Waals surface area contributed by atoms with Gasteiger partial charge in [0, 0.05) is 25.0 Å². The van der Waals surface area contributed by atoms with Crippen molar-refractivity contribution in [3.63, 3.8) is 0 Å². The van der Waals surface area contributed by atoms with Crippen molar-refractivity contribution in [2.24, 2.45) is 11.7 Å². The summed E-state index contributed by atoms with van der Waals surface area (Å²) in [7, 11) is 0. The maximum Gasteiger partial charge on any atom is 0.238 e. The Morgan fingerprint density at radius 3 is 2.93 bits per heavy atom. The van der Waals surface area contributed by atoms with Crippen LogP contribution in [0.5, 0.6) is 0 Å². The van der Waals surface area contributed by atoms with Crippen molar-refractivity contribution in [3.05, 3.63) is 0 Å². The fourth-order valence-electron chi connectivity index (χ4n) is 1.91. The van der Waals surface area contributed by atoms with Crippen molar-refractivity contribution in [1.29, 1.82) is 0 Å². The van der Waals surface area contributed by atoms with Crippen LogP contribution in [-0.2, 0) is 4.79 Å². The second kappa shape index (κ2) is 3.87. The first kappa shape index (κ1) is 9.93. The van der Waals surface area contributed by atoms with Crippen molar-refractivity contribution >= 4 is 5.91 Å². The molecule has 1 aliphatic heterocycles. The van der Waals surface area contributed by atoms with Crippen LogP contribution in [0.4, 0.5) is 0 Å². The summed E-state index contributed by atoms with van der Waals surface area (Å²) in [5.41, 5.74) is 8.94. The number of hydrogen-bond acceptors (Lipinski definition) is 3. The monoisotopic (exact) mass is 197 g/mol. The van der Waals surface area contributed by atoms with Crippen LogP contribution in [0.2, 0.25) is 0 Å². The summed E-state index contributed by atoms with van der Waals surface area (Å²) in [5, 5.41) is 1.76. The molecule has 4 heteroatoms. The molecule has 1 saturated heterocycles. The van der Waals surface area contributed by atoms with Gasteiger partial charge < -0.3 is 5.73 Å². The Kier molecular flexibility index (Phi) is 2.74. The highest BCUT2D eigenvalue weighted by atomic mass is 16.2. The minimum absolute atomic E-state index is 0.171. The largest absolute Gasteiger partial charge is 0.328 e. The second-order valence-electron chi connectivity index (χ2n) is 4.59. The minimum Gasteiger partial charge on any atom is -0.328 e. The molecule has 3 N–H and O–H groups in total. The van der Waals surface area contributed by atoms with E-state index in [-0.39, 0.29) is 11.9 Å². The van der Waals surface area contributed by atoms with E-state index < -0.39 is 0 Å². The van der Waals surface area contributed by atoms with Crippen molar-refractivity contribution in [1.82, 2.24) is 10.4 Å². The molecule has 2 rings (SSSR count). The third-order valence-corrected chi connectivity index (χ3v) is 3.02. The third-order valence-electron chi connectivity index (χ3n) is 3.02. The second-order valence-corrected chi connectivity index (χ2v) is 4.59. The number of carbonyl (C=O) groups excluding carboxylic acids is 1. The molecule has 0 radical (unpaired) electrons. The lowest BCUT2D eigenvalue weighted by Gasteiger charge is -2.18. The third kappa shape index (κ3) is 2.25. The fraction of sp³-hybridized carbons (Fsp3) is 0.900. The molecule has 0 aromatic heterocycles. The Bertz CT molecular complexity index is 225. The Hall–Kier alpha value is -0.610. The molecule has 80 valence electrons. The van der Waals surface area contributed by atoms with Crippen LogP contribution in [0.1, 0.15) is 32.6 Å². The average Bonchev–Trinajstić information content (AvgIpc) is 2.88. The fourth-order valence-corrected chi connectivity index (χ4v) is 1.91. The van der Waals surface area contributed by atoms with Crippen LogP contribution in [-0.4, -0.2) is 29.5 Å². The molecule has 0 spiro atoms. The summed E-state index contributed by atoms with van der Waals surface area (Å²) >= 11 is 0. The molecule has 1 amide bonds. The number of nitrogens with two attached hydrogens (primary N) is 1. The molecule has 0 aromatic rings. The summed E-state index contributed by atoms with van der Waals surface area (Å²) in [5.74, 6) is 0.988. The molecule has 4 nitrogen and oxygen atoms in total. The molecule has 1 aliphatic carbocycles. The minimum atomic E-state index is 0.171. The highest BCUT2D eigenvalue weighted by Crippen LogP contribution is 2.36. The van der Waals surface area contributed by atoms with Gasteiger partial charge in [0.15, 0.2) is 0 Å². The van der Waals surface area contributed by atoms with Gasteiger partial charge in [-0.05, 0) is 32.1 Å². The van der Waals surface area contributed by atoms with Gasteiger partial charge in [-0.15, -0.1) is 0 Å². The SMILES string of the molecule is CC(N)CCN1NC(C2CC2)CC1=O. The highest BCUT2D eigenvalue weighted by Gasteiger charge is 2.39. The van der Waals surface area contributed by atoms with Crippen LogP contribution in [0.25, 0.3) is 0 Å². The summed E-state index contributed by atoms with van der Waals surface area (Å²) < 4.78 is 0. The van der Waals surface area contributed by atoms with Crippen LogP contribution < -0.4 is 11.2 Å². The van der Waals surface area contributed by atoms with Crippen molar-refractivity contribution in [3.8, 4) is 0 Å². The van der Waals surface area contributed by atoms with Crippen LogP contribution >= 0.6 is 0 Å². The first-order valence-corrected chi connectivity index (χ1v) is 5.49. The first-order chi connectivity index (χ1) is 6.66.